The molecule has 11 heteroatoms. The molecule has 32 heavy (non-hydrogen) atoms. The van der Waals surface area contributed by atoms with E-state index in [4.69, 9.17) is 0 Å². The standard InChI is InChI=1S/C21H21F3N6O2/c22-21(23,24)17-14(11-13-5-4-8-25-18(13)26-17)12-29-20(32)30-15(6-3-7-16(30)27-29)19(31)28-9-1-2-10-28/h4-5,8,11,15H,1-3,6-7,9-10,12H2. The summed E-state index contributed by atoms with van der Waals surface area (Å²) in [6.45, 7) is 0.939. The molecule has 1 atom stereocenters. The Morgan fingerprint density at radius 2 is 1.97 bits per heavy atom. The summed E-state index contributed by atoms with van der Waals surface area (Å²) in [5.41, 5.74) is -1.85. The van der Waals surface area contributed by atoms with Crippen LogP contribution in [0.4, 0.5) is 13.2 Å². The zero-order valence-electron chi connectivity index (χ0n) is 17.2. The molecule has 5 heterocycles. The molecule has 0 spiro atoms. The number of alkyl halides is 3. The number of aryl methyl sites for hydroxylation is 1. The van der Waals surface area contributed by atoms with Crippen LogP contribution in [0, 0.1) is 0 Å². The van der Waals surface area contributed by atoms with Gasteiger partial charge in [-0.05, 0) is 43.9 Å². The molecule has 0 aliphatic carbocycles. The number of carbonyl (C=O) groups excluding carboxylic acids is 1. The van der Waals surface area contributed by atoms with Crippen molar-refractivity contribution >= 4 is 16.9 Å². The molecule has 8 nitrogen and oxygen atoms in total. The molecule has 2 aliphatic heterocycles. The Morgan fingerprint density at radius 1 is 1.19 bits per heavy atom. The number of aromatic nitrogens is 5. The second-order valence-corrected chi connectivity index (χ2v) is 8.21. The summed E-state index contributed by atoms with van der Waals surface area (Å²) in [6.07, 6.45) is 0.243. The molecule has 1 unspecified atom stereocenters. The van der Waals surface area contributed by atoms with E-state index in [1.54, 1.807) is 17.0 Å². The van der Waals surface area contributed by atoms with Gasteiger partial charge in [-0.3, -0.25) is 9.36 Å². The van der Waals surface area contributed by atoms with Crippen LogP contribution in [-0.4, -0.2) is 48.2 Å². The van der Waals surface area contributed by atoms with Crippen LogP contribution in [0.5, 0.6) is 0 Å². The van der Waals surface area contributed by atoms with Crippen molar-refractivity contribution in [3.63, 3.8) is 0 Å². The van der Waals surface area contributed by atoms with Gasteiger partial charge in [0.1, 0.15) is 11.9 Å². The monoisotopic (exact) mass is 446 g/mol. The summed E-state index contributed by atoms with van der Waals surface area (Å²) in [6, 6.07) is 3.91. The molecular weight excluding hydrogens is 425 g/mol. The lowest BCUT2D eigenvalue weighted by atomic mass is 10.0. The fraction of sp³-hybridized carbons (Fsp3) is 0.476. The Morgan fingerprint density at radius 3 is 2.72 bits per heavy atom. The lowest BCUT2D eigenvalue weighted by Gasteiger charge is -2.27. The van der Waals surface area contributed by atoms with E-state index in [1.165, 1.54) is 16.8 Å². The van der Waals surface area contributed by atoms with Gasteiger partial charge in [-0.1, -0.05) is 0 Å². The van der Waals surface area contributed by atoms with Crippen molar-refractivity contribution in [2.24, 2.45) is 0 Å². The van der Waals surface area contributed by atoms with Crippen LogP contribution in [0.1, 0.15) is 48.8 Å². The van der Waals surface area contributed by atoms with E-state index in [2.05, 4.69) is 15.1 Å². The van der Waals surface area contributed by atoms with Crippen LogP contribution in [0.2, 0.25) is 0 Å². The van der Waals surface area contributed by atoms with Crippen LogP contribution < -0.4 is 5.69 Å². The molecule has 2 aliphatic rings. The summed E-state index contributed by atoms with van der Waals surface area (Å²) in [4.78, 5) is 35.5. The summed E-state index contributed by atoms with van der Waals surface area (Å²) in [7, 11) is 0. The average molecular weight is 446 g/mol. The van der Waals surface area contributed by atoms with Gasteiger partial charge in [-0.25, -0.2) is 19.4 Å². The molecule has 3 aromatic heterocycles. The quantitative estimate of drug-likeness (QED) is 0.617. The van der Waals surface area contributed by atoms with Crippen LogP contribution in [0.3, 0.4) is 0 Å². The summed E-state index contributed by atoms with van der Waals surface area (Å²) in [5.74, 6) is 0.322. The molecule has 5 rings (SSSR count). The van der Waals surface area contributed by atoms with Crippen molar-refractivity contribution in [3.05, 3.63) is 52.0 Å². The third kappa shape index (κ3) is 3.55. The minimum atomic E-state index is -4.71. The third-order valence-corrected chi connectivity index (χ3v) is 6.09. The summed E-state index contributed by atoms with van der Waals surface area (Å²) < 4.78 is 43.5. The number of amides is 1. The average Bonchev–Trinajstić information content (AvgIpc) is 3.41. The van der Waals surface area contributed by atoms with Gasteiger partial charge in [0.15, 0.2) is 11.3 Å². The predicted octanol–water partition coefficient (Wildman–Crippen LogP) is 2.55. The lowest BCUT2D eigenvalue weighted by molar-refractivity contribution is -0.141. The first-order valence-electron chi connectivity index (χ1n) is 10.6. The van der Waals surface area contributed by atoms with Crippen molar-refractivity contribution in [2.45, 2.75) is 50.9 Å². The second kappa shape index (κ2) is 7.72. The number of nitrogens with zero attached hydrogens (tertiary/aromatic N) is 6. The van der Waals surface area contributed by atoms with Crippen LogP contribution in [0.25, 0.3) is 11.0 Å². The van der Waals surface area contributed by atoms with E-state index in [1.807, 2.05) is 0 Å². The highest BCUT2D eigenvalue weighted by molar-refractivity contribution is 5.81. The molecule has 1 saturated heterocycles. The fourth-order valence-electron chi connectivity index (χ4n) is 4.59. The maximum absolute atomic E-state index is 13.7. The zero-order valence-corrected chi connectivity index (χ0v) is 17.2. The van der Waals surface area contributed by atoms with Gasteiger partial charge in [0, 0.05) is 36.7 Å². The molecule has 168 valence electrons. The Balaban J connectivity index is 1.54. The first kappa shape index (κ1) is 20.7. The largest absolute Gasteiger partial charge is 0.433 e. The number of carbonyl (C=O) groups is 1. The number of fused-ring (bicyclic) bond motifs is 2. The topological polar surface area (TPSA) is 85.9 Å². The minimum absolute atomic E-state index is 0.0173. The van der Waals surface area contributed by atoms with Gasteiger partial charge >= 0.3 is 11.9 Å². The molecule has 0 N–H and O–H groups in total. The number of hydrogen-bond acceptors (Lipinski definition) is 5. The Hall–Kier alpha value is -3.24. The smallest absolute Gasteiger partial charge is 0.341 e. The second-order valence-electron chi connectivity index (χ2n) is 8.21. The minimum Gasteiger partial charge on any atom is -0.341 e. The molecule has 1 amide bonds. The Labute approximate surface area is 180 Å². The van der Waals surface area contributed by atoms with Crippen molar-refractivity contribution in [2.75, 3.05) is 13.1 Å². The van der Waals surface area contributed by atoms with E-state index in [-0.39, 0.29) is 17.1 Å². The number of hydrogen-bond donors (Lipinski definition) is 0. The molecule has 0 saturated carbocycles. The SMILES string of the molecule is O=C(C1CCCc2nn(Cc3cc4cccnc4nc3C(F)(F)F)c(=O)n21)N1CCCC1. The van der Waals surface area contributed by atoms with Gasteiger partial charge < -0.3 is 4.90 Å². The summed E-state index contributed by atoms with van der Waals surface area (Å²) in [5, 5.41) is 4.73. The van der Waals surface area contributed by atoms with E-state index in [0.29, 0.717) is 43.6 Å². The normalized spacial score (nSPS) is 18.8. The predicted molar refractivity (Wildman–Crippen MR) is 108 cm³/mol. The van der Waals surface area contributed by atoms with Gasteiger partial charge in [0.25, 0.3) is 0 Å². The van der Waals surface area contributed by atoms with Crippen LogP contribution in [-0.2, 0) is 23.9 Å². The van der Waals surface area contributed by atoms with Crippen molar-refractivity contribution < 1.29 is 18.0 Å². The third-order valence-electron chi connectivity index (χ3n) is 6.09. The highest BCUT2D eigenvalue weighted by Gasteiger charge is 2.37. The number of rotatable bonds is 3. The van der Waals surface area contributed by atoms with Gasteiger partial charge in [-0.15, -0.1) is 0 Å². The maximum atomic E-state index is 13.7. The summed E-state index contributed by atoms with van der Waals surface area (Å²) >= 11 is 0. The highest BCUT2D eigenvalue weighted by Crippen LogP contribution is 2.32. The highest BCUT2D eigenvalue weighted by atomic mass is 19.4. The zero-order chi connectivity index (χ0) is 22.5. The maximum Gasteiger partial charge on any atom is 0.433 e. The molecule has 0 aromatic carbocycles. The van der Waals surface area contributed by atoms with Crippen molar-refractivity contribution in [3.8, 4) is 0 Å². The van der Waals surface area contributed by atoms with Crippen LogP contribution >= 0.6 is 0 Å². The van der Waals surface area contributed by atoms with Crippen LogP contribution in [0.15, 0.2) is 29.2 Å². The fourth-order valence-corrected chi connectivity index (χ4v) is 4.59. The molecular formula is C21H21F3N6O2. The molecule has 0 radical (unpaired) electrons. The number of halogens is 3. The van der Waals surface area contributed by atoms with E-state index in [9.17, 15) is 22.8 Å². The lowest BCUT2D eigenvalue weighted by Crippen LogP contribution is -2.41. The van der Waals surface area contributed by atoms with Gasteiger partial charge in [0.2, 0.25) is 5.91 Å². The molecule has 0 bridgehead atoms. The number of pyridine rings is 2. The van der Waals surface area contributed by atoms with E-state index in [0.717, 1.165) is 17.5 Å². The number of likely N-dealkylation sites (tertiary alicyclic amines) is 1. The van der Waals surface area contributed by atoms with E-state index >= 15 is 0 Å². The first-order chi connectivity index (χ1) is 15.3. The van der Waals surface area contributed by atoms with E-state index < -0.39 is 30.1 Å². The van der Waals surface area contributed by atoms with Crippen molar-refractivity contribution in [1.82, 2.24) is 29.2 Å². The molecule has 3 aromatic rings. The first-order valence-corrected chi connectivity index (χ1v) is 10.6. The Kier molecular flexibility index (Phi) is 4.98. The molecule has 1 fully saturated rings. The Bertz CT molecular complexity index is 1240. The van der Waals surface area contributed by atoms with Gasteiger partial charge in [0.05, 0.1) is 6.54 Å². The van der Waals surface area contributed by atoms with Gasteiger partial charge in [-0.2, -0.15) is 18.3 Å². The van der Waals surface area contributed by atoms with Crippen molar-refractivity contribution in [1.29, 1.82) is 0 Å².